The highest BCUT2D eigenvalue weighted by Gasteiger charge is 2.29. The standard InChI is InChI=1S/C16H23ClO/c1-10(2)15(12(4)17)9-14-8-13-7-11(3)5-6-16(13)18-14/h5-7,10,12,14-15H,8-9H2,1-4H3. The first-order valence-electron chi connectivity index (χ1n) is 6.87. The number of aryl methyl sites for hydroxylation is 1. The first-order valence-corrected chi connectivity index (χ1v) is 7.31. The van der Waals surface area contributed by atoms with Gasteiger partial charge in [0.1, 0.15) is 11.9 Å². The van der Waals surface area contributed by atoms with Crippen molar-refractivity contribution in [3.63, 3.8) is 0 Å². The number of alkyl halides is 1. The van der Waals surface area contributed by atoms with E-state index in [0.717, 1.165) is 18.6 Å². The lowest BCUT2D eigenvalue weighted by atomic mass is 9.86. The van der Waals surface area contributed by atoms with Gasteiger partial charge in [0.05, 0.1) is 0 Å². The van der Waals surface area contributed by atoms with Crippen LogP contribution in [0.25, 0.3) is 0 Å². The molecule has 0 fully saturated rings. The Morgan fingerprint density at radius 3 is 2.67 bits per heavy atom. The van der Waals surface area contributed by atoms with Crippen molar-refractivity contribution >= 4 is 11.6 Å². The Morgan fingerprint density at radius 2 is 2.06 bits per heavy atom. The van der Waals surface area contributed by atoms with Crippen LogP contribution in [0, 0.1) is 18.8 Å². The van der Waals surface area contributed by atoms with E-state index in [1.807, 2.05) is 0 Å². The summed E-state index contributed by atoms with van der Waals surface area (Å²) >= 11 is 6.30. The predicted octanol–water partition coefficient (Wildman–Crippen LogP) is 4.59. The Morgan fingerprint density at radius 1 is 1.33 bits per heavy atom. The van der Waals surface area contributed by atoms with Crippen LogP contribution < -0.4 is 4.74 Å². The molecule has 3 atom stereocenters. The van der Waals surface area contributed by atoms with E-state index in [1.165, 1.54) is 11.1 Å². The van der Waals surface area contributed by atoms with Gasteiger partial charge in [-0.05, 0) is 43.7 Å². The maximum absolute atomic E-state index is 6.30. The van der Waals surface area contributed by atoms with Gasteiger partial charge in [0.2, 0.25) is 0 Å². The van der Waals surface area contributed by atoms with Crippen LogP contribution in [0.15, 0.2) is 18.2 Å². The minimum absolute atomic E-state index is 0.207. The van der Waals surface area contributed by atoms with E-state index in [1.54, 1.807) is 0 Å². The van der Waals surface area contributed by atoms with Crippen LogP contribution >= 0.6 is 11.6 Å². The Labute approximate surface area is 115 Å². The summed E-state index contributed by atoms with van der Waals surface area (Å²) in [5, 5.41) is 0.207. The summed E-state index contributed by atoms with van der Waals surface area (Å²) < 4.78 is 6.03. The summed E-state index contributed by atoms with van der Waals surface area (Å²) in [5.74, 6) is 2.19. The fourth-order valence-electron chi connectivity index (χ4n) is 2.87. The number of rotatable bonds is 4. The van der Waals surface area contributed by atoms with E-state index >= 15 is 0 Å². The van der Waals surface area contributed by atoms with E-state index in [-0.39, 0.29) is 5.38 Å². The summed E-state index contributed by atoms with van der Waals surface area (Å²) in [4.78, 5) is 0. The predicted molar refractivity (Wildman–Crippen MR) is 77.6 cm³/mol. The average Bonchev–Trinajstić information content (AvgIpc) is 2.66. The van der Waals surface area contributed by atoms with Crippen LogP contribution in [0.3, 0.4) is 0 Å². The molecule has 0 radical (unpaired) electrons. The minimum Gasteiger partial charge on any atom is -0.490 e. The number of hydrogen-bond acceptors (Lipinski definition) is 1. The number of benzene rings is 1. The minimum atomic E-state index is 0.207. The van der Waals surface area contributed by atoms with Crippen LogP contribution in [-0.2, 0) is 6.42 Å². The molecule has 2 rings (SSSR count). The lowest BCUT2D eigenvalue weighted by Crippen LogP contribution is -2.26. The van der Waals surface area contributed by atoms with Gasteiger partial charge in [-0.3, -0.25) is 0 Å². The zero-order chi connectivity index (χ0) is 13.3. The Balaban J connectivity index is 2.02. The van der Waals surface area contributed by atoms with Crippen molar-refractivity contribution in [2.75, 3.05) is 0 Å². The molecule has 1 nitrogen and oxygen atoms in total. The molecule has 3 unspecified atom stereocenters. The maximum Gasteiger partial charge on any atom is 0.123 e. The fourth-order valence-corrected chi connectivity index (χ4v) is 3.27. The van der Waals surface area contributed by atoms with E-state index in [2.05, 4.69) is 45.9 Å². The summed E-state index contributed by atoms with van der Waals surface area (Å²) in [6.07, 6.45) is 2.38. The molecule has 2 heteroatoms. The molecule has 0 spiro atoms. The van der Waals surface area contributed by atoms with Crippen molar-refractivity contribution in [3.8, 4) is 5.75 Å². The summed E-state index contributed by atoms with van der Waals surface area (Å²) in [6, 6.07) is 6.45. The van der Waals surface area contributed by atoms with Crippen molar-refractivity contribution in [1.82, 2.24) is 0 Å². The molecule has 0 aliphatic carbocycles. The second-order valence-corrected chi connectivity index (χ2v) is 6.56. The summed E-state index contributed by atoms with van der Waals surface area (Å²) in [5.41, 5.74) is 2.66. The Hall–Kier alpha value is -0.690. The number of ether oxygens (including phenoxy) is 1. The quantitative estimate of drug-likeness (QED) is 0.725. The van der Waals surface area contributed by atoms with Gasteiger partial charge < -0.3 is 4.74 Å². The van der Waals surface area contributed by atoms with Crippen molar-refractivity contribution in [1.29, 1.82) is 0 Å². The monoisotopic (exact) mass is 266 g/mol. The summed E-state index contributed by atoms with van der Waals surface area (Å²) in [6.45, 7) is 8.72. The van der Waals surface area contributed by atoms with E-state index in [0.29, 0.717) is 17.9 Å². The third kappa shape index (κ3) is 3.00. The molecule has 100 valence electrons. The van der Waals surface area contributed by atoms with Gasteiger partial charge in [-0.2, -0.15) is 0 Å². The van der Waals surface area contributed by atoms with Crippen LogP contribution in [0.1, 0.15) is 38.3 Å². The van der Waals surface area contributed by atoms with Crippen molar-refractivity contribution in [2.24, 2.45) is 11.8 Å². The van der Waals surface area contributed by atoms with Crippen molar-refractivity contribution in [2.45, 2.75) is 52.0 Å². The first-order chi connectivity index (χ1) is 8.47. The lowest BCUT2D eigenvalue weighted by molar-refractivity contribution is 0.174. The molecule has 0 amide bonds. The van der Waals surface area contributed by atoms with Crippen LogP contribution in [0.2, 0.25) is 0 Å². The zero-order valence-corrected chi connectivity index (χ0v) is 12.5. The Bertz CT molecular complexity index is 404. The Kier molecular flexibility index (Phi) is 4.21. The molecule has 1 aromatic carbocycles. The average molecular weight is 267 g/mol. The van der Waals surface area contributed by atoms with Gasteiger partial charge in [-0.15, -0.1) is 11.6 Å². The molecule has 1 aliphatic heterocycles. The van der Waals surface area contributed by atoms with Gasteiger partial charge >= 0.3 is 0 Å². The lowest BCUT2D eigenvalue weighted by Gasteiger charge is -2.26. The third-order valence-electron chi connectivity index (χ3n) is 3.94. The van der Waals surface area contributed by atoms with Gasteiger partial charge in [-0.1, -0.05) is 31.5 Å². The van der Waals surface area contributed by atoms with Crippen LogP contribution in [-0.4, -0.2) is 11.5 Å². The van der Waals surface area contributed by atoms with Crippen molar-refractivity contribution < 1.29 is 4.74 Å². The largest absolute Gasteiger partial charge is 0.490 e. The van der Waals surface area contributed by atoms with E-state index in [9.17, 15) is 0 Å². The molecule has 1 aromatic rings. The summed E-state index contributed by atoms with van der Waals surface area (Å²) in [7, 11) is 0. The van der Waals surface area contributed by atoms with Gasteiger partial charge in [0, 0.05) is 11.8 Å². The van der Waals surface area contributed by atoms with Gasteiger partial charge in [0.15, 0.2) is 0 Å². The highest BCUT2D eigenvalue weighted by Crippen LogP contribution is 2.34. The molecule has 0 saturated carbocycles. The first kappa shape index (κ1) is 13.7. The molecule has 0 bridgehead atoms. The smallest absolute Gasteiger partial charge is 0.123 e. The molecule has 0 saturated heterocycles. The maximum atomic E-state index is 6.30. The SMILES string of the molecule is Cc1ccc2c(c1)CC(CC(C(C)C)C(C)Cl)O2. The number of hydrogen-bond donors (Lipinski definition) is 0. The zero-order valence-electron chi connectivity index (χ0n) is 11.7. The van der Waals surface area contributed by atoms with Gasteiger partial charge in [0.25, 0.3) is 0 Å². The highest BCUT2D eigenvalue weighted by atomic mass is 35.5. The molecule has 1 heterocycles. The normalized spacial score (nSPS) is 21.6. The molecule has 1 aliphatic rings. The topological polar surface area (TPSA) is 9.23 Å². The number of fused-ring (bicyclic) bond motifs is 1. The molecule has 0 aromatic heterocycles. The third-order valence-corrected chi connectivity index (χ3v) is 4.26. The van der Waals surface area contributed by atoms with Crippen LogP contribution in [0.4, 0.5) is 0 Å². The second kappa shape index (κ2) is 5.52. The van der Waals surface area contributed by atoms with E-state index < -0.39 is 0 Å². The molecular weight excluding hydrogens is 244 g/mol. The second-order valence-electron chi connectivity index (χ2n) is 5.88. The highest BCUT2D eigenvalue weighted by molar-refractivity contribution is 6.20. The van der Waals surface area contributed by atoms with Crippen molar-refractivity contribution in [3.05, 3.63) is 29.3 Å². The van der Waals surface area contributed by atoms with Crippen LogP contribution in [0.5, 0.6) is 5.75 Å². The fraction of sp³-hybridized carbons (Fsp3) is 0.625. The van der Waals surface area contributed by atoms with Gasteiger partial charge in [-0.25, -0.2) is 0 Å². The van der Waals surface area contributed by atoms with E-state index in [4.69, 9.17) is 16.3 Å². The molecule has 0 N–H and O–H groups in total. The molecule has 18 heavy (non-hydrogen) atoms. The molecular formula is C16H23ClO. The number of halogens is 1.